The summed E-state index contributed by atoms with van der Waals surface area (Å²) in [5.74, 6) is -2.67. The van der Waals surface area contributed by atoms with Gasteiger partial charge in [0.2, 0.25) is 0 Å². The van der Waals surface area contributed by atoms with Crippen molar-refractivity contribution in [2.45, 2.75) is 31.0 Å². The molecule has 176 valence electrons. The molecule has 0 aromatic heterocycles. The lowest BCUT2D eigenvalue weighted by molar-refractivity contribution is -0.139. The van der Waals surface area contributed by atoms with Crippen molar-refractivity contribution in [1.82, 2.24) is 0 Å². The highest BCUT2D eigenvalue weighted by molar-refractivity contribution is 8.76. The Balaban J connectivity index is -0.000000121. The average molecular weight is 524 g/mol. The monoisotopic (exact) mass is 522 g/mol. The summed E-state index contributed by atoms with van der Waals surface area (Å²) in [4.78, 5) is 34.4. The van der Waals surface area contributed by atoms with Crippen LogP contribution < -0.4 is 28.7 Å². The number of carbonyl (C=O) groups is 3. The number of hydrogen-bond donors (Lipinski definition) is 8. The van der Waals surface area contributed by atoms with Gasteiger partial charge in [0.05, 0.1) is 0 Å². The van der Waals surface area contributed by atoms with E-state index < -0.39 is 36.0 Å². The molecule has 29 heavy (non-hydrogen) atoms. The van der Waals surface area contributed by atoms with Crippen molar-refractivity contribution >= 4 is 82.7 Å². The molecule has 0 spiro atoms. The molecule has 0 aliphatic heterocycles. The van der Waals surface area contributed by atoms with E-state index >= 15 is 0 Å². The molecule has 0 fully saturated rings. The smallest absolute Gasteiger partial charge is 0.321 e. The summed E-state index contributed by atoms with van der Waals surface area (Å²) in [5, 5.41) is 25.2. The van der Waals surface area contributed by atoms with E-state index in [1.54, 1.807) is 0 Å². The van der Waals surface area contributed by atoms with E-state index in [2.05, 4.69) is 4.99 Å². The number of carboxylic acids is 3. The lowest BCUT2D eigenvalue weighted by Crippen LogP contribution is -2.33. The molecule has 0 aliphatic rings. The van der Waals surface area contributed by atoms with E-state index in [0.29, 0.717) is 19.4 Å². The van der Waals surface area contributed by atoms with Crippen LogP contribution in [-0.4, -0.2) is 75.4 Å². The minimum absolute atomic E-state index is 0. The third-order valence-corrected chi connectivity index (χ3v) is 4.97. The van der Waals surface area contributed by atoms with Crippen LogP contribution in [0.3, 0.4) is 0 Å². The van der Waals surface area contributed by atoms with Crippen LogP contribution in [0.5, 0.6) is 0 Å². The Bertz CT molecular complexity index is 469. The van der Waals surface area contributed by atoms with E-state index in [9.17, 15) is 14.4 Å². The summed E-state index contributed by atoms with van der Waals surface area (Å²) >= 11 is 0. The maximum absolute atomic E-state index is 10.3. The van der Waals surface area contributed by atoms with E-state index in [1.165, 1.54) is 21.6 Å². The van der Waals surface area contributed by atoms with Gasteiger partial charge in [0.1, 0.15) is 18.1 Å². The summed E-state index contributed by atoms with van der Waals surface area (Å²) < 4.78 is 0. The van der Waals surface area contributed by atoms with Crippen LogP contribution in [0.15, 0.2) is 4.99 Å². The molecule has 1 unspecified atom stereocenters. The zero-order chi connectivity index (χ0) is 20.7. The Labute approximate surface area is 194 Å². The minimum Gasteiger partial charge on any atom is -0.480 e. The summed E-state index contributed by atoms with van der Waals surface area (Å²) in [5.41, 5.74) is 25.7. The molecule has 0 amide bonds. The van der Waals surface area contributed by atoms with Gasteiger partial charge in [-0.3, -0.25) is 19.4 Å². The number of guanidine groups is 1. The Morgan fingerprint density at radius 3 is 1.38 bits per heavy atom. The maximum atomic E-state index is 10.3. The molecule has 0 heterocycles. The predicted octanol–water partition coefficient (Wildman–Crippen LogP) is -1.09. The molecule has 0 aromatic carbocycles. The molecule has 17 heteroatoms. The van der Waals surface area contributed by atoms with E-state index in [0.717, 1.165) is 0 Å². The first kappa shape index (κ1) is 38.7. The normalized spacial score (nSPS) is 12.1. The number of carboxylic acid groups (broad SMARTS) is 3. The van der Waals surface area contributed by atoms with Crippen molar-refractivity contribution in [3.05, 3.63) is 0 Å². The molecule has 0 saturated heterocycles. The van der Waals surface area contributed by atoms with Crippen LogP contribution in [-0.2, 0) is 14.4 Å². The summed E-state index contributed by atoms with van der Waals surface area (Å²) in [6.07, 6.45) is 0.956. The van der Waals surface area contributed by atoms with Crippen molar-refractivity contribution < 1.29 is 29.7 Å². The molecule has 0 radical (unpaired) electrons. The van der Waals surface area contributed by atoms with Gasteiger partial charge in [-0.2, -0.15) is 0 Å². The van der Waals surface area contributed by atoms with Gasteiger partial charge < -0.3 is 44.0 Å². The Hall–Kier alpha value is -0.870. The number of hydrogen-bond acceptors (Lipinski definition) is 9. The first-order valence-corrected chi connectivity index (χ1v) is 9.72. The van der Waals surface area contributed by atoms with Gasteiger partial charge in [-0.25, -0.2) is 0 Å². The molecule has 12 nitrogen and oxygen atoms in total. The van der Waals surface area contributed by atoms with Crippen LogP contribution in [0.25, 0.3) is 0 Å². The first-order chi connectivity index (χ1) is 12.0. The molecule has 0 rings (SSSR count). The van der Waals surface area contributed by atoms with Crippen LogP contribution in [0.2, 0.25) is 0 Å². The molecule has 0 bridgehead atoms. The molecular formula is C12H29Cl3N6O6S2. The first-order valence-electron chi connectivity index (χ1n) is 7.24. The van der Waals surface area contributed by atoms with E-state index in [4.69, 9.17) is 44.0 Å². The fourth-order valence-corrected chi connectivity index (χ4v) is 3.26. The second-order valence-corrected chi connectivity index (χ2v) is 7.40. The number of rotatable bonds is 12. The largest absolute Gasteiger partial charge is 0.480 e. The second kappa shape index (κ2) is 23.4. The Kier molecular flexibility index (Phi) is 31.2. The third-order valence-electron chi connectivity index (χ3n) is 2.50. The number of aliphatic imine (C=N–C) groups is 1. The van der Waals surface area contributed by atoms with Gasteiger partial charge in [0, 0.05) is 18.1 Å². The SMILES string of the molecule is Cl.Cl.Cl.NC(CSSC[C@H](N)C(=O)O)C(=O)O.NC(N)=NCCC[C@H](N)C(=O)O. The van der Waals surface area contributed by atoms with Gasteiger partial charge in [-0.15, -0.1) is 37.2 Å². The van der Waals surface area contributed by atoms with E-state index in [-0.39, 0.29) is 54.7 Å². The predicted molar refractivity (Wildman–Crippen MR) is 123 cm³/mol. The summed E-state index contributed by atoms with van der Waals surface area (Å²) in [6, 6.07) is -2.67. The van der Waals surface area contributed by atoms with Gasteiger partial charge in [-0.05, 0) is 12.8 Å². The fourth-order valence-electron chi connectivity index (χ4n) is 1.03. The molecule has 13 N–H and O–H groups in total. The van der Waals surface area contributed by atoms with Crippen molar-refractivity contribution in [1.29, 1.82) is 0 Å². The quantitative estimate of drug-likeness (QED) is 0.0655. The molecule has 0 aliphatic carbocycles. The van der Waals surface area contributed by atoms with Crippen molar-refractivity contribution in [2.24, 2.45) is 33.7 Å². The van der Waals surface area contributed by atoms with Gasteiger partial charge in [0.15, 0.2) is 5.96 Å². The van der Waals surface area contributed by atoms with Crippen LogP contribution in [0, 0.1) is 0 Å². The second-order valence-electron chi connectivity index (χ2n) is 4.85. The van der Waals surface area contributed by atoms with E-state index in [1.807, 2.05) is 0 Å². The van der Waals surface area contributed by atoms with Gasteiger partial charge >= 0.3 is 17.9 Å². The lowest BCUT2D eigenvalue weighted by atomic mass is 10.2. The average Bonchev–Trinajstić information content (AvgIpc) is 2.54. The van der Waals surface area contributed by atoms with Crippen molar-refractivity contribution in [3.8, 4) is 0 Å². The fraction of sp³-hybridized carbons (Fsp3) is 0.667. The highest BCUT2D eigenvalue weighted by Gasteiger charge is 2.14. The number of nitrogens with two attached hydrogens (primary N) is 5. The number of halogens is 3. The van der Waals surface area contributed by atoms with Gasteiger partial charge in [0.25, 0.3) is 0 Å². The number of aliphatic carboxylic acids is 3. The number of nitrogens with zero attached hydrogens (tertiary/aromatic N) is 1. The zero-order valence-electron chi connectivity index (χ0n) is 15.2. The Morgan fingerprint density at radius 2 is 1.10 bits per heavy atom. The highest BCUT2D eigenvalue weighted by atomic mass is 35.5. The molecule has 3 atom stereocenters. The topological polar surface area (TPSA) is 254 Å². The lowest BCUT2D eigenvalue weighted by Gasteiger charge is -2.07. The standard InChI is InChI=1S/C6H14N4O2.C6H12N2O4S2.3ClH/c7-4(5(11)12)2-1-3-10-6(8)9;7-3(5(9)10)1-13-14-2-4(8)6(11)12;;;/h4H,1-3,7H2,(H,11,12)(H4,8,9,10);3-4H,1-2,7-8H2,(H,9,10)(H,11,12);3*1H/t4-;3-,4?;;;/m00.../s1. The molecule has 0 saturated carbocycles. The molecule has 0 aromatic rings. The van der Waals surface area contributed by atoms with Crippen molar-refractivity contribution in [2.75, 3.05) is 18.1 Å². The van der Waals surface area contributed by atoms with Gasteiger partial charge in [-0.1, -0.05) is 21.6 Å². The zero-order valence-corrected chi connectivity index (χ0v) is 19.3. The molecular weight excluding hydrogens is 495 g/mol. The highest BCUT2D eigenvalue weighted by Crippen LogP contribution is 2.22. The summed E-state index contributed by atoms with van der Waals surface area (Å²) in [7, 11) is 2.41. The Morgan fingerprint density at radius 1 is 0.759 bits per heavy atom. The summed E-state index contributed by atoms with van der Waals surface area (Å²) in [6.45, 7) is 0.420. The minimum atomic E-state index is -1.07. The van der Waals surface area contributed by atoms with Crippen LogP contribution in [0.1, 0.15) is 12.8 Å². The maximum Gasteiger partial charge on any atom is 0.321 e. The van der Waals surface area contributed by atoms with Crippen molar-refractivity contribution in [3.63, 3.8) is 0 Å². The van der Waals surface area contributed by atoms with Crippen LogP contribution in [0.4, 0.5) is 0 Å². The van der Waals surface area contributed by atoms with Crippen LogP contribution >= 0.6 is 58.8 Å². The third kappa shape index (κ3) is 27.1.